The first-order valence-electron chi connectivity index (χ1n) is 10.3. The van der Waals surface area contributed by atoms with Crippen LogP contribution in [0.1, 0.15) is 18.5 Å². The lowest BCUT2D eigenvalue weighted by molar-refractivity contribution is -0.893. The van der Waals surface area contributed by atoms with Gasteiger partial charge in [0.15, 0.2) is 16.6 Å². The van der Waals surface area contributed by atoms with Crippen LogP contribution < -0.4 is 16.2 Å². The van der Waals surface area contributed by atoms with Crippen LogP contribution in [-0.2, 0) is 19.2 Å². The molecule has 11 nitrogen and oxygen atoms in total. The molecule has 196 valence electrons. The number of thioether (sulfide) groups is 1. The number of nitrogen functional groups attached to an aromatic ring is 1. The zero-order chi connectivity index (χ0) is 23.0. The molecule has 0 bridgehead atoms. The molecule has 3 atom stereocenters. The Balaban J connectivity index is 0.00000204. The standard InChI is InChI=1S/C20H25N5O5S2.2ClH.H2O/c1-25(5-3-4-6-25)7-10-8-31-17-13(12(10)19(28)29)16(26)15(17)23-18(27)14(24-30-2)11-9-32-20(21)22-11;;;/h9,13,15,17H,3-8H2,1-2H3,(H3-,21,22,23,27,28,29);2*1H;1H2/b24-14-;;;/t13?,15-,17+;;;/m1.../s1. The Kier molecular flexibility index (Phi) is 11.0. The number of likely N-dealkylation sites (tertiary alicyclic amines) is 1. The highest BCUT2D eigenvalue weighted by Gasteiger charge is 2.55. The molecule has 35 heavy (non-hydrogen) atoms. The van der Waals surface area contributed by atoms with Crippen LogP contribution in [0.5, 0.6) is 0 Å². The second-order valence-corrected chi connectivity index (χ2v) is 10.6. The third-order valence-electron chi connectivity index (χ3n) is 6.30. The van der Waals surface area contributed by atoms with Crippen LogP contribution in [0.25, 0.3) is 0 Å². The monoisotopic (exact) mass is 569 g/mol. The highest BCUT2D eigenvalue weighted by molar-refractivity contribution is 8.00. The van der Waals surface area contributed by atoms with Crippen LogP contribution in [0.2, 0.25) is 0 Å². The zero-order valence-corrected chi connectivity index (χ0v) is 22.4. The number of aromatic nitrogens is 1. The number of nitrogens with one attached hydrogen (secondary N) is 1. The van der Waals surface area contributed by atoms with Gasteiger partial charge < -0.3 is 35.7 Å². The smallest absolute Gasteiger partial charge is 0.276 e. The number of halogens is 2. The van der Waals surface area contributed by atoms with Gasteiger partial charge in [-0.05, 0) is 11.1 Å². The summed E-state index contributed by atoms with van der Waals surface area (Å²) in [7, 11) is 3.42. The Hall–Kier alpha value is -1.90. The van der Waals surface area contributed by atoms with Gasteiger partial charge in [-0.15, -0.1) is 36.2 Å². The number of carbonyl (C=O) groups is 3. The lowest BCUT2D eigenvalue weighted by Gasteiger charge is -2.48. The summed E-state index contributed by atoms with van der Waals surface area (Å²) >= 11 is 2.65. The van der Waals surface area contributed by atoms with Crippen molar-refractivity contribution in [3.05, 3.63) is 22.2 Å². The highest BCUT2D eigenvalue weighted by atomic mass is 35.5. The molecular weight excluding hydrogens is 541 g/mol. The number of nitrogens with zero attached hydrogens (tertiary/aromatic N) is 3. The Bertz CT molecular complexity index is 1030. The molecule has 1 unspecified atom stereocenters. The Morgan fingerprint density at radius 2 is 2.00 bits per heavy atom. The number of hydrogen-bond donors (Lipinski definition) is 2. The van der Waals surface area contributed by atoms with Crippen molar-refractivity contribution in [3.8, 4) is 0 Å². The predicted molar refractivity (Wildman–Crippen MR) is 137 cm³/mol. The summed E-state index contributed by atoms with van der Waals surface area (Å²) in [4.78, 5) is 46.6. The number of rotatable bonds is 7. The average molecular weight is 571 g/mol. The molecule has 1 amide bonds. The lowest BCUT2D eigenvalue weighted by atomic mass is 9.71. The molecule has 1 saturated heterocycles. The van der Waals surface area contributed by atoms with Crippen molar-refractivity contribution in [2.45, 2.75) is 24.1 Å². The molecule has 3 heterocycles. The molecule has 0 radical (unpaired) electrons. The first-order chi connectivity index (χ1) is 15.2. The van der Waals surface area contributed by atoms with Gasteiger partial charge in [-0.2, -0.15) is 11.8 Å². The largest absolute Gasteiger partial charge is 0.545 e. The molecule has 0 spiro atoms. The summed E-state index contributed by atoms with van der Waals surface area (Å²) < 4.78 is 0.784. The summed E-state index contributed by atoms with van der Waals surface area (Å²) in [5.74, 6) is -2.52. The van der Waals surface area contributed by atoms with E-state index in [9.17, 15) is 19.5 Å². The fourth-order valence-corrected chi connectivity index (χ4v) is 6.80. The van der Waals surface area contributed by atoms with Gasteiger partial charge in [0.25, 0.3) is 5.91 Å². The van der Waals surface area contributed by atoms with Gasteiger partial charge in [0, 0.05) is 29.2 Å². The maximum Gasteiger partial charge on any atom is 0.276 e. The summed E-state index contributed by atoms with van der Waals surface area (Å²) in [6, 6.07) is -0.817. The van der Waals surface area contributed by atoms with Crippen LogP contribution in [0.4, 0.5) is 5.13 Å². The number of aliphatic carboxylic acids is 1. The number of nitrogens with two attached hydrogens (primary N) is 1. The quantitative estimate of drug-likeness (QED) is 0.243. The van der Waals surface area contributed by atoms with Crippen molar-refractivity contribution in [1.82, 2.24) is 10.3 Å². The van der Waals surface area contributed by atoms with Crippen LogP contribution in [-0.4, -0.2) is 89.2 Å². The van der Waals surface area contributed by atoms with Gasteiger partial charge in [-0.3, -0.25) is 9.59 Å². The van der Waals surface area contributed by atoms with E-state index < -0.39 is 23.8 Å². The van der Waals surface area contributed by atoms with E-state index in [1.54, 1.807) is 5.38 Å². The Labute approximate surface area is 223 Å². The molecule has 1 aliphatic carbocycles. The minimum Gasteiger partial charge on any atom is -0.545 e. The maximum absolute atomic E-state index is 13.0. The average Bonchev–Trinajstić information content (AvgIpc) is 3.37. The minimum atomic E-state index is -1.29. The third-order valence-corrected chi connectivity index (χ3v) is 8.42. The first kappa shape index (κ1) is 31.1. The third kappa shape index (κ3) is 6.09. The van der Waals surface area contributed by atoms with Crippen LogP contribution >= 0.6 is 47.9 Å². The van der Waals surface area contributed by atoms with Gasteiger partial charge in [0.2, 0.25) is 0 Å². The second kappa shape index (κ2) is 12.4. The number of likely N-dealkylation sites (N-methyl/N-ethyl adjacent to an activating group) is 1. The molecule has 4 rings (SSSR count). The number of quaternary nitrogens is 1. The van der Waals surface area contributed by atoms with E-state index in [0.29, 0.717) is 12.3 Å². The number of Topliss-reactive ketones (excluding diaryl/α,β-unsaturated/α-hetero) is 1. The Morgan fingerprint density at radius 3 is 2.54 bits per heavy atom. The predicted octanol–water partition coefficient (Wildman–Crippen LogP) is -0.819. The number of anilines is 1. The number of thiazole rings is 1. The number of carboxylic acids is 1. The van der Waals surface area contributed by atoms with Crippen LogP contribution in [0.15, 0.2) is 21.7 Å². The van der Waals surface area contributed by atoms with Gasteiger partial charge in [-0.1, -0.05) is 5.16 Å². The SMILES string of the molecule is CO/N=C(\C(=O)N[C@@H]1C(=O)C2C(C(=O)[O-])=C(C[N+]3(C)CCCC3)CS[C@@H]21)c1csc(N)n1.Cl.Cl.O. The topological polar surface area (TPSA) is 178 Å². The number of carbonyl (C=O) groups excluding carboxylic acids is 3. The molecule has 1 aromatic heterocycles. The van der Waals surface area contributed by atoms with E-state index in [1.807, 2.05) is 0 Å². The molecule has 5 N–H and O–H groups in total. The zero-order valence-electron chi connectivity index (χ0n) is 19.1. The Morgan fingerprint density at radius 1 is 1.34 bits per heavy atom. The van der Waals surface area contributed by atoms with Crippen LogP contribution in [0, 0.1) is 5.92 Å². The van der Waals surface area contributed by atoms with Crippen molar-refractivity contribution in [3.63, 3.8) is 0 Å². The van der Waals surface area contributed by atoms with Gasteiger partial charge in [0.1, 0.15) is 25.4 Å². The normalized spacial score (nSPS) is 24.7. The van der Waals surface area contributed by atoms with E-state index in [2.05, 4.69) is 22.5 Å². The number of oxime groups is 1. The number of ketones is 1. The summed E-state index contributed by atoms with van der Waals surface area (Å²) in [6.45, 7) is 2.61. The van der Waals surface area contributed by atoms with Crippen LogP contribution in [0.3, 0.4) is 0 Å². The van der Waals surface area contributed by atoms with E-state index >= 15 is 0 Å². The van der Waals surface area contributed by atoms with Crippen molar-refractivity contribution in [2.24, 2.45) is 11.1 Å². The van der Waals surface area contributed by atoms with Gasteiger partial charge in [0.05, 0.1) is 32.0 Å². The minimum absolute atomic E-state index is 0. The molecule has 2 fully saturated rings. The molecule has 2 aliphatic heterocycles. The number of amides is 1. The first-order valence-corrected chi connectivity index (χ1v) is 12.2. The van der Waals surface area contributed by atoms with Gasteiger partial charge in [-0.25, -0.2) is 4.98 Å². The lowest BCUT2D eigenvalue weighted by Crippen LogP contribution is -2.66. The molecule has 3 aliphatic rings. The van der Waals surface area contributed by atoms with E-state index in [4.69, 9.17) is 10.6 Å². The molecule has 1 aromatic rings. The van der Waals surface area contributed by atoms with E-state index in [-0.39, 0.29) is 63.4 Å². The fourth-order valence-electron chi connectivity index (χ4n) is 4.76. The second-order valence-electron chi connectivity index (χ2n) is 8.54. The van der Waals surface area contributed by atoms with Crippen molar-refractivity contribution < 1.29 is 34.3 Å². The van der Waals surface area contributed by atoms with Crippen molar-refractivity contribution in [1.29, 1.82) is 0 Å². The van der Waals surface area contributed by atoms with Crippen molar-refractivity contribution >= 4 is 76.4 Å². The van der Waals surface area contributed by atoms with Crippen molar-refractivity contribution in [2.75, 3.05) is 45.3 Å². The fraction of sp³-hybridized carbons (Fsp3) is 0.550. The van der Waals surface area contributed by atoms with E-state index in [0.717, 1.165) is 47.3 Å². The summed E-state index contributed by atoms with van der Waals surface area (Å²) in [6.07, 6.45) is 2.24. The maximum atomic E-state index is 13.0. The highest BCUT2D eigenvalue weighted by Crippen LogP contribution is 2.46. The molecule has 0 aromatic carbocycles. The van der Waals surface area contributed by atoms with E-state index in [1.165, 1.54) is 18.9 Å². The summed E-state index contributed by atoms with van der Waals surface area (Å²) in [5.41, 5.74) is 6.67. The molecular formula is C20H29Cl2N5O6S2. The van der Waals surface area contributed by atoms with Gasteiger partial charge >= 0.3 is 0 Å². The number of fused-ring (bicyclic) bond motifs is 1. The molecule has 15 heteroatoms. The number of carboxylic acid groups (broad SMARTS) is 1. The number of hydrogen-bond acceptors (Lipinski definition) is 10. The molecule has 1 saturated carbocycles. The summed E-state index contributed by atoms with van der Waals surface area (Å²) in [5, 5.41) is 19.9.